The van der Waals surface area contributed by atoms with Crippen molar-refractivity contribution in [3.05, 3.63) is 48.0 Å². The smallest absolute Gasteiger partial charge is 0.0237 e. The Labute approximate surface area is 99.8 Å². The van der Waals surface area contributed by atoms with Crippen molar-refractivity contribution >= 4 is 0 Å². The lowest BCUT2D eigenvalue weighted by Gasteiger charge is -2.20. The van der Waals surface area contributed by atoms with Gasteiger partial charge in [-0.15, -0.1) is 6.58 Å². The molecular weight excluding hydrogens is 194 g/mol. The van der Waals surface area contributed by atoms with Crippen LogP contribution >= 0.6 is 0 Å². The molecule has 0 aromatic heterocycles. The quantitative estimate of drug-likeness (QED) is 0.628. The van der Waals surface area contributed by atoms with Gasteiger partial charge in [0, 0.05) is 13.1 Å². The Balaban J connectivity index is 2.52. The number of hydrogen-bond donors (Lipinski definition) is 0. The summed E-state index contributed by atoms with van der Waals surface area (Å²) in [4.78, 5) is 2.45. The minimum absolute atomic E-state index is 0.980. The Morgan fingerprint density at radius 3 is 2.50 bits per heavy atom. The van der Waals surface area contributed by atoms with E-state index in [1.54, 1.807) is 0 Å². The molecule has 0 bridgehead atoms. The van der Waals surface area contributed by atoms with Crippen molar-refractivity contribution in [1.29, 1.82) is 0 Å². The number of unbranched alkanes of at least 4 members (excludes halogenated alkanes) is 1. The topological polar surface area (TPSA) is 3.24 Å². The minimum atomic E-state index is 0.980. The zero-order chi connectivity index (χ0) is 11.8. The van der Waals surface area contributed by atoms with E-state index in [1.807, 2.05) is 6.08 Å². The Morgan fingerprint density at radius 1 is 1.25 bits per heavy atom. The highest BCUT2D eigenvalue weighted by atomic mass is 15.1. The van der Waals surface area contributed by atoms with Crippen molar-refractivity contribution in [1.82, 2.24) is 4.90 Å². The molecule has 0 atom stereocenters. The fraction of sp³-hybridized carbons (Fsp3) is 0.467. The monoisotopic (exact) mass is 217 g/mol. The summed E-state index contributed by atoms with van der Waals surface area (Å²) < 4.78 is 0. The van der Waals surface area contributed by atoms with Crippen LogP contribution in [0, 0.1) is 6.92 Å². The van der Waals surface area contributed by atoms with Gasteiger partial charge in [-0.25, -0.2) is 0 Å². The molecule has 1 aromatic carbocycles. The van der Waals surface area contributed by atoms with E-state index >= 15 is 0 Å². The lowest BCUT2D eigenvalue weighted by Crippen LogP contribution is -2.24. The summed E-state index contributed by atoms with van der Waals surface area (Å²) in [6.07, 6.45) is 4.51. The Kier molecular flexibility index (Phi) is 5.87. The molecular formula is C15H23N. The zero-order valence-corrected chi connectivity index (χ0v) is 10.6. The third-order valence-electron chi connectivity index (χ3n) is 2.74. The molecule has 0 saturated carbocycles. The van der Waals surface area contributed by atoms with Crippen LogP contribution in [0.1, 0.15) is 30.9 Å². The highest BCUT2D eigenvalue weighted by Gasteiger charge is 2.03. The molecule has 0 N–H and O–H groups in total. The highest BCUT2D eigenvalue weighted by molar-refractivity contribution is 5.21. The fourth-order valence-electron chi connectivity index (χ4n) is 1.75. The maximum absolute atomic E-state index is 3.82. The number of aryl methyl sites for hydroxylation is 1. The molecule has 0 heterocycles. The third-order valence-corrected chi connectivity index (χ3v) is 2.74. The van der Waals surface area contributed by atoms with Crippen LogP contribution in [-0.4, -0.2) is 18.0 Å². The fourth-order valence-corrected chi connectivity index (χ4v) is 1.75. The van der Waals surface area contributed by atoms with E-state index in [0.717, 1.165) is 19.6 Å². The largest absolute Gasteiger partial charge is 0.295 e. The summed E-state index contributed by atoms with van der Waals surface area (Å²) in [7, 11) is 0. The lowest BCUT2D eigenvalue weighted by molar-refractivity contribution is 0.289. The Bertz CT molecular complexity index is 300. The van der Waals surface area contributed by atoms with Gasteiger partial charge in [0.25, 0.3) is 0 Å². The van der Waals surface area contributed by atoms with Gasteiger partial charge in [0.15, 0.2) is 0 Å². The number of benzene rings is 1. The van der Waals surface area contributed by atoms with Gasteiger partial charge in [0.1, 0.15) is 0 Å². The maximum Gasteiger partial charge on any atom is 0.0237 e. The van der Waals surface area contributed by atoms with Gasteiger partial charge in [0.2, 0.25) is 0 Å². The molecule has 1 rings (SSSR count). The van der Waals surface area contributed by atoms with Crippen molar-refractivity contribution in [3.8, 4) is 0 Å². The van der Waals surface area contributed by atoms with E-state index in [9.17, 15) is 0 Å². The van der Waals surface area contributed by atoms with E-state index < -0.39 is 0 Å². The molecule has 0 aliphatic heterocycles. The second-order valence-electron chi connectivity index (χ2n) is 4.36. The summed E-state index contributed by atoms with van der Waals surface area (Å²) in [5.41, 5.74) is 2.72. The predicted octanol–water partition coefficient (Wildman–Crippen LogP) is 3.78. The average molecular weight is 217 g/mol. The molecule has 0 fully saturated rings. The zero-order valence-electron chi connectivity index (χ0n) is 10.6. The second kappa shape index (κ2) is 7.24. The molecule has 88 valence electrons. The van der Waals surface area contributed by atoms with Crippen LogP contribution in [0.15, 0.2) is 36.9 Å². The molecule has 0 saturated heterocycles. The van der Waals surface area contributed by atoms with Crippen LogP contribution < -0.4 is 0 Å². The standard InChI is InChI=1S/C15H23N/c1-4-6-12-16(11-5-2)13-15-9-7-14(3)8-10-15/h5,7-10H,2,4,6,11-13H2,1,3H3. The van der Waals surface area contributed by atoms with Crippen LogP contribution in [-0.2, 0) is 6.54 Å². The van der Waals surface area contributed by atoms with Crippen LogP contribution in [0.5, 0.6) is 0 Å². The van der Waals surface area contributed by atoms with Gasteiger partial charge in [-0.3, -0.25) is 4.90 Å². The average Bonchev–Trinajstić information content (AvgIpc) is 2.29. The third kappa shape index (κ3) is 4.63. The molecule has 0 aliphatic carbocycles. The van der Waals surface area contributed by atoms with Crippen LogP contribution in [0.25, 0.3) is 0 Å². The van der Waals surface area contributed by atoms with E-state index in [4.69, 9.17) is 0 Å². The highest BCUT2D eigenvalue weighted by Crippen LogP contribution is 2.07. The van der Waals surface area contributed by atoms with E-state index in [1.165, 1.54) is 24.0 Å². The van der Waals surface area contributed by atoms with Crippen molar-refractivity contribution in [2.24, 2.45) is 0 Å². The maximum atomic E-state index is 3.82. The van der Waals surface area contributed by atoms with E-state index in [0.29, 0.717) is 0 Å². The van der Waals surface area contributed by atoms with E-state index in [2.05, 4.69) is 49.6 Å². The molecule has 16 heavy (non-hydrogen) atoms. The summed E-state index contributed by atoms with van der Waals surface area (Å²) >= 11 is 0. The van der Waals surface area contributed by atoms with Gasteiger partial charge in [0.05, 0.1) is 0 Å². The van der Waals surface area contributed by atoms with Crippen molar-refractivity contribution < 1.29 is 0 Å². The molecule has 0 aliphatic rings. The molecule has 0 unspecified atom stereocenters. The Morgan fingerprint density at radius 2 is 1.94 bits per heavy atom. The first-order chi connectivity index (χ1) is 7.76. The Hall–Kier alpha value is -1.08. The van der Waals surface area contributed by atoms with Crippen LogP contribution in [0.2, 0.25) is 0 Å². The molecule has 0 spiro atoms. The summed E-state index contributed by atoms with van der Waals surface area (Å²) in [6, 6.07) is 8.80. The van der Waals surface area contributed by atoms with Gasteiger partial charge >= 0.3 is 0 Å². The molecule has 1 aromatic rings. The number of rotatable bonds is 7. The van der Waals surface area contributed by atoms with Gasteiger partial charge in [-0.05, 0) is 25.5 Å². The minimum Gasteiger partial charge on any atom is -0.295 e. The number of nitrogens with zero attached hydrogens (tertiary/aromatic N) is 1. The molecule has 0 amide bonds. The van der Waals surface area contributed by atoms with Gasteiger partial charge < -0.3 is 0 Å². The van der Waals surface area contributed by atoms with Crippen molar-refractivity contribution in [2.75, 3.05) is 13.1 Å². The van der Waals surface area contributed by atoms with Gasteiger partial charge in [-0.2, -0.15) is 0 Å². The molecule has 1 heteroatoms. The molecule has 1 nitrogen and oxygen atoms in total. The summed E-state index contributed by atoms with van der Waals surface area (Å²) in [6.45, 7) is 11.4. The van der Waals surface area contributed by atoms with E-state index in [-0.39, 0.29) is 0 Å². The van der Waals surface area contributed by atoms with Crippen LogP contribution in [0.3, 0.4) is 0 Å². The van der Waals surface area contributed by atoms with Crippen molar-refractivity contribution in [2.45, 2.75) is 33.2 Å². The normalized spacial score (nSPS) is 10.7. The summed E-state index contributed by atoms with van der Waals surface area (Å²) in [5, 5.41) is 0. The lowest BCUT2D eigenvalue weighted by atomic mass is 10.1. The first kappa shape index (κ1) is 13.0. The second-order valence-corrected chi connectivity index (χ2v) is 4.36. The number of hydrogen-bond acceptors (Lipinski definition) is 1. The first-order valence-electron chi connectivity index (χ1n) is 6.15. The van der Waals surface area contributed by atoms with Crippen LogP contribution in [0.4, 0.5) is 0 Å². The van der Waals surface area contributed by atoms with Gasteiger partial charge in [-0.1, -0.05) is 49.2 Å². The molecule has 0 radical (unpaired) electrons. The predicted molar refractivity (Wildman–Crippen MR) is 71.6 cm³/mol. The van der Waals surface area contributed by atoms with Crippen molar-refractivity contribution in [3.63, 3.8) is 0 Å². The SMILES string of the molecule is C=CCN(CCCC)Cc1ccc(C)cc1. The summed E-state index contributed by atoms with van der Waals surface area (Å²) in [5.74, 6) is 0. The first-order valence-corrected chi connectivity index (χ1v) is 6.15.